The summed E-state index contributed by atoms with van der Waals surface area (Å²) in [6, 6.07) is 5.50. The number of hydrogen-bond donors (Lipinski definition) is 0. The zero-order chi connectivity index (χ0) is 9.84. The van der Waals surface area contributed by atoms with Crippen LogP contribution in [0.25, 0.3) is 0 Å². The summed E-state index contributed by atoms with van der Waals surface area (Å²) in [6.07, 6.45) is 0.363. The highest BCUT2D eigenvalue weighted by Crippen LogP contribution is 2.22. The molecule has 0 atom stereocenters. The van der Waals surface area contributed by atoms with E-state index in [0.29, 0.717) is 17.3 Å². The molecule has 0 unspecified atom stereocenters. The van der Waals surface area contributed by atoms with Gasteiger partial charge in [0.05, 0.1) is 0 Å². The van der Waals surface area contributed by atoms with Crippen LogP contribution in [-0.4, -0.2) is 5.78 Å². The quantitative estimate of drug-likeness (QED) is 0.710. The van der Waals surface area contributed by atoms with Crippen LogP contribution in [0.3, 0.4) is 0 Å². The van der Waals surface area contributed by atoms with E-state index in [-0.39, 0.29) is 5.78 Å². The monoisotopic (exact) mass is 216 g/mol. The molecule has 0 bridgehead atoms. The lowest BCUT2D eigenvalue weighted by molar-refractivity contribution is -0.116. The van der Waals surface area contributed by atoms with Gasteiger partial charge in [-0.1, -0.05) is 23.7 Å². The summed E-state index contributed by atoms with van der Waals surface area (Å²) < 4.78 is 0. The Morgan fingerprint density at radius 2 is 2.15 bits per heavy atom. The molecule has 0 N–H and O–H groups in total. The standard InChI is InChI=1S/C10H10Cl2O/c1-7(13)5-9-8(6-11)3-2-4-10(9)12/h2-4H,5-6H2,1H3. The van der Waals surface area contributed by atoms with Gasteiger partial charge in [0.2, 0.25) is 0 Å². The fourth-order valence-corrected chi connectivity index (χ4v) is 1.69. The highest BCUT2D eigenvalue weighted by Gasteiger charge is 2.07. The number of rotatable bonds is 3. The zero-order valence-electron chi connectivity index (χ0n) is 7.31. The van der Waals surface area contributed by atoms with E-state index in [9.17, 15) is 4.79 Å². The van der Waals surface area contributed by atoms with Crippen molar-refractivity contribution in [1.29, 1.82) is 0 Å². The van der Waals surface area contributed by atoms with Crippen LogP contribution >= 0.6 is 23.2 Å². The van der Waals surface area contributed by atoms with Crippen molar-refractivity contribution in [2.75, 3.05) is 0 Å². The Morgan fingerprint density at radius 3 is 2.69 bits per heavy atom. The van der Waals surface area contributed by atoms with Gasteiger partial charge in [-0.05, 0) is 24.1 Å². The molecule has 0 aliphatic heterocycles. The number of carbonyl (C=O) groups excluding carboxylic acids is 1. The average Bonchev–Trinajstić information content (AvgIpc) is 2.08. The maximum atomic E-state index is 10.9. The first kappa shape index (κ1) is 10.6. The number of hydrogen-bond acceptors (Lipinski definition) is 1. The van der Waals surface area contributed by atoms with Crippen molar-refractivity contribution in [3.05, 3.63) is 34.3 Å². The average molecular weight is 217 g/mol. The van der Waals surface area contributed by atoms with Crippen LogP contribution in [0.4, 0.5) is 0 Å². The van der Waals surface area contributed by atoms with Gasteiger partial charge in [0.15, 0.2) is 0 Å². The summed E-state index contributed by atoms with van der Waals surface area (Å²) in [7, 11) is 0. The van der Waals surface area contributed by atoms with Crippen molar-refractivity contribution >= 4 is 29.0 Å². The van der Waals surface area contributed by atoms with Crippen molar-refractivity contribution in [2.24, 2.45) is 0 Å². The Balaban J connectivity index is 3.07. The van der Waals surface area contributed by atoms with E-state index in [1.54, 1.807) is 13.0 Å². The molecule has 0 aromatic heterocycles. The van der Waals surface area contributed by atoms with Crippen LogP contribution in [0.5, 0.6) is 0 Å². The molecule has 0 fully saturated rings. The second-order valence-corrected chi connectivity index (χ2v) is 3.56. The Morgan fingerprint density at radius 1 is 1.46 bits per heavy atom. The van der Waals surface area contributed by atoms with Gasteiger partial charge in [-0.2, -0.15) is 0 Å². The summed E-state index contributed by atoms with van der Waals surface area (Å²) in [5.74, 6) is 0.489. The molecule has 0 saturated carbocycles. The minimum absolute atomic E-state index is 0.0967. The molecular formula is C10H10Cl2O. The lowest BCUT2D eigenvalue weighted by Crippen LogP contribution is -2.00. The van der Waals surface area contributed by atoms with Crippen LogP contribution in [0.1, 0.15) is 18.1 Å². The van der Waals surface area contributed by atoms with Gasteiger partial charge in [0.25, 0.3) is 0 Å². The maximum absolute atomic E-state index is 10.9. The highest BCUT2D eigenvalue weighted by molar-refractivity contribution is 6.31. The van der Waals surface area contributed by atoms with Gasteiger partial charge in [0.1, 0.15) is 5.78 Å². The second kappa shape index (κ2) is 4.64. The number of Topliss-reactive ketones (excluding diaryl/α,β-unsaturated/α-hetero) is 1. The third kappa shape index (κ3) is 2.71. The topological polar surface area (TPSA) is 17.1 Å². The van der Waals surface area contributed by atoms with Crippen LogP contribution in [-0.2, 0) is 17.1 Å². The number of benzene rings is 1. The van der Waals surface area contributed by atoms with Crippen molar-refractivity contribution < 1.29 is 4.79 Å². The van der Waals surface area contributed by atoms with E-state index < -0.39 is 0 Å². The van der Waals surface area contributed by atoms with E-state index in [0.717, 1.165) is 11.1 Å². The molecule has 0 aliphatic carbocycles. The normalized spacial score (nSPS) is 10.1. The van der Waals surface area contributed by atoms with Gasteiger partial charge in [0, 0.05) is 17.3 Å². The molecule has 1 aromatic carbocycles. The first-order valence-electron chi connectivity index (χ1n) is 3.97. The fraction of sp³-hybridized carbons (Fsp3) is 0.300. The van der Waals surface area contributed by atoms with Crippen LogP contribution < -0.4 is 0 Å². The maximum Gasteiger partial charge on any atom is 0.134 e. The fourth-order valence-electron chi connectivity index (χ4n) is 1.18. The van der Waals surface area contributed by atoms with Crippen molar-refractivity contribution in [3.63, 3.8) is 0 Å². The third-order valence-electron chi connectivity index (χ3n) is 1.79. The van der Waals surface area contributed by atoms with Gasteiger partial charge in [-0.3, -0.25) is 4.79 Å². The summed E-state index contributed by atoms with van der Waals surface area (Å²) in [4.78, 5) is 10.9. The molecule has 0 spiro atoms. The molecule has 0 amide bonds. The van der Waals surface area contributed by atoms with Crippen LogP contribution in [0.2, 0.25) is 5.02 Å². The van der Waals surface area contributed by atoms with Crippen molar-refractivity contribution in [1.82, 2.24) is 0 Å². The first-order chi connectivity index (χ1) is 6.15. The SMILES string of the molecule is CC(=O)Cc1c(Cl)cccc1CCl. The predicted molar refractivity (Wildman–Crippen MR) is 55.4 cm³/mol. The van der Waals surface area contributed by atoms with E-state index in [4.69, 9.17) is 23.2 Å². The lowest BCUT2D eigenvalue weighted by atomic mass is 10.0. The number of ketones is 1. The molecular weight excluding hydrogens is 207 g/mol. The van der Waals surface area contributed by atoms with E-state index in [1.165, 1.54) is 0 Å². The molecule has 0 heterocycles. The minimum Gasteiger partial charge on any atom is -0.300 e. The third-order valence-corrected chi connectivity index (χ3v) is 2.43. The molecule has 70 valence electrons. The van der Waals surface area contributed by atoms with E-state index in [1.807, 2.05) is 12.1 Å². The first-order valence-corrected chi connectivity index (χ1v) is 4.88. The minimum atomic E-state index is 0.0967. The predicted octanol–water partition coefficient (Wildman–Crippen LogP) is 3.21. The summed E-state index contributed by atoms with van der Waals surface area (Å²) in [6.45, 7) is 1.54. The Hall–Kier alpha value is -0.530. The van der Waals surface area contributed by atoms with Crippen LogP contribution in [0, 0.1) is 0 Å². The molecule has 1 nitrogen and oxygen atoms in total. The Bertz CT molecular complexity index is 321. The molecule has 1 rings (SSSR count). The van der Waals surface area contributed by atoms with Crippen molar-refractivity contribution in [3.8, 4) is 0 Å². The molecule has 0 saturated heterocycles. The van der Waals surface area contributed by atoms with Gasteiger partial charge in [-0.15, -0.1) is 11.6 Å². The summed E-state index contributed by atoms with van der Waals surface area (Å²) in [5.41, 5.74) is 1.79. The largest absolute Gasteiger partial charge is 0.300 e. The van der Waals surface area contributed by atoms with Gasteiger partial charge in [-0.25, -0.2) is 0 Å². The highest BCUT2D eigenvalue weighted by atomic mass is 35.5. The van der Waals surface area contributed by atoms with E-state index >= 15 is 0 Å². The van der Waals surface area contributed by atoms with Gasteiger partial charge < -0.3 is 0 Å². The molecule has 13 heavy (non-hydrogen) atoms. The Labute approximate surface area is 87.7 Å². The zero-order valence-corrected chi connectivity index (χ0v) is 8.82. The number of carbonyl (C=O) groups is 1. The van der Waals surface area contributed by atoms with E-state index in [2.05, 4.69) is 0 Å². The van der Waals surface area contributed by atoms with Crippen molar-refractivity contribution in [2.45, 2.75) is 19.2 Å². The number of halogens is 2. The van der Waals surface area contributed by atoms with Crippen LogP contribution in [0.15, 0.2) is 18.2 Å². The molecule has 1 aromatic rings. The summed E-state index contributed by atoms with van der Waals surface area (Å²) in [5, 5.41) is 0.619. The summed E-state index contributed by atoms with van der Waals surface area (Å²) >= 11 is 11.7. The smallest absolute Gasteiger partial charge is 0.134 e. The number of alkyl halides is 1. The van der Waals surface area contributed by atoms with Gasteiger partial charge >= 0.3 is 0 Å². The Kier molecular flexibility index (Phi) is 3.76. The molecule has 0 aliphatic rings. The molecule has 3 heteroatoms. The molecule has 0 radical (unpaired) electrons. The second-order valence-electron chi connectivity index (χ2n) is 2.89. The lowest BCUT2D eigenvalue weighted by Gasteiger charge is -2.06.